The van der Waals surface area contributed by atoms with Crippen molar-refractivity contribution in [1.82, 2.24) is 5.32 Å². The zero-order chi connectivity index (χ0) is 14.7. The van der Waals surface area contributed by atoms with Crippen LogP contribution in [0.2, 0.25) is 5.02 Å². The summed E-state index contributed by atoms with van der Waals surface area (Å²) in [6, 6.07) is 8.13. The van der Waals surface area contributed by atoms with Crippen molar-refractivity contribution in [2.45, 2.75) is 19.9 Å². The van der Waals surface area contributed by atoms with E-state index >= 15 is 0 Å². The highest BCUT2D eigenvalue weighted by Crippen LogP contribution is 2.33. The molecule has 0 amide bonds. The summed E-state index contributed by atoms with van der Waals surface area (Å²) in [5.74, 6) is 1.40. The first kappa shape index (κ1) is 14.6. The molecule has 0 radical (unpaired) electrons. The van der Waals surface area contributed by atoms with E-state index in [0.29, 0.717) is 16.3 Å². The lowest BCUT2D eigenvalue weighted by molar-refractivity contribution is -0.384. The van der Waals surface area contributed by atoms with Crippen molar-refractivity contribution in [3.63, 3.8) is 0 Å². The van der Waals surface area contributed by atoms with Crippen LogP contribution in [0.4, 0.5) is 5.69 Å². The Hall–Kier alpha value is -1.85. The molecule has 0 aliphatic heterocycles. The molecule has 106 valence electrons. The number of nitro groups is 1. The smallest absolute Gasteiger partial charge is 0.270 e. The van der Waals surface area contributed by atoms with E-state index < -0.39 is 4.92 Å². The van der Waals surface area contributed by atoms with E-state index in [1.54, 1.807) is 6.07 Å². The van der Waals surface area contributed by atoms with E-state index in [0.717, 1.165) is 12.3 Å². The summed E-state index contributed by atoms with van der Waals surface area (Å²) >= 11 is 6.08. The summed E-state index contributed by atoms with van der Waals surface area (Å²) in [5, 5.41) is 14.2. The van der Waals surface area contributed by atoms with Gasteiger partial charge < -0.3 is 9.73 Å². The fourth-order valence-electron chi connectivity index (χ4n) is 1.95. The van der Waals surface area contributed by atoms with Crippen LogP contribution in [0.5, 0.6) is 0 Å². The van der Waals surface area contributed by atoms with Gasteiger partial charge in [-0.25, -0.2) is 0 Å². The van der Waals surface area contributed by atoms with Gasteiger partial charge in [0.15, 0.2) is 0 Å². The van der Waals surface area contributed by atoms with Gasteiger partial charge in [0.05, 0.1) is 16.0 Å². The summed E-state index contributed by atoms with van der Waals surface area (Å²) in [5.41, 5.74) is 0.610. The number of nitro benzene ring substituents is 1. The maximum atomic E-state index is 10.7. The molecule has 0 aliphatic carbocycles. The number of halogens is 1. The van der Waals surface area contributed by atoms with Crippen molar-refractivity contribution in [3.8, 4) is 11.3 Å². The van der Waals surface area contributed by atoms with Crippen LogP contribution in [-0.2, 0) is 0 Å². The SMILES string of the molecule is CCNC(C)c1ccc(-c2ccc([N+](=O)[O-])cc2Cl)o1. The van der Waals surface area contributed by atoms with Gasteiger partial charge in [0.1, 0.15) is 11.5 Å². The quantitative estimate of drug-likeness (QED) is 0.663. The van der Waals surface area contributed by atoms with E-state index in [9.17, 15) is 10.1 Å². The van der Waals surface area contributed by atoms with Crippen molar-refractivity contribution in [3.05, 3.63) is 51.2 Å². The Kier molecular flexibility index (Phi) is 4.42. The molecule has 0 spiro atoms. The van der Waals surface area contributed by atoms with Gasteiger partial charge in [-0.05, 0) is 31.7 Å². The molecule has 1 atom stereocenters. The zero-order valence-corrected chi connectivity index (χ0v) is 12.0. The first-order chi connectivity index (χ1) is 9.52. The summed E-state index contributed by atoms with van der Waals surface area (Å²) in [6.45, 7) is 4.87. The number of furan rings is 1. The molecule has 0 saturated heterocycles. The number of hydrogen-bond donors (Lipinski definition) is 1. The molecule has 1 aromatic heterocycles. The predicted octanol–water partition coefficient (Wildman–Crippen LogP) is 4.18. The molecule has 2 aromatic rings. The molecule has 0 fully saturated rings. The van der Waals surface area contributed by atoms with Gasteiger partial charge in [0.25, 0.3) is 5.69 Å². The molecule has 20 heavy (non-hydrogen) atoms. The highest BCUT2D eigenvalue weighted by molar-refractivity contribution is 6.33. The molecule has 1 aromatic carbocycles. The minimum absolute atomic E-state index is 0.0356. The van der Waals surface area contributed by atoms with Crippen LogP contribution in [0, 0.1) is 10.1 Å². The van der Waals surface area contributed by atoms with Crippen LogP contribution in [0.1, 0.15) is 25.6 Å². The van der Waals surface area contributed by atoms with Crippen molar-refractivity contribution >= 4 is 17.3 Å². The molecule has 0 bridgehead atoms. The third-order valence-electron chi connectivity index (χ3n) is 2.99. The number of hydrogen-bond acceptors (Lipinski definition) is 4. The van der Waals surface area contributed by atoms with Crippen LogP contribution < -0.4 is 5.32 Å². The van der Waals surface area contributed by atoms with E-state index in [1.165, 1.54) is 12.1 Å². The fraction of sp³-hybridized carbons (Fsp3) is 0.286. The first-order valence-electron chi connectivity index (χ1n) is 6.30. The van der Waals surface area contributed by atoms with Crippen LogP contribution in [-0.4, -0.2) is 11.5 Å². The third kappa shape index (κ3) is 3.00. The Balaban J connectivity index is 2.30. The molecule has 1 unspecified atom stereocenters. The Morgan fingerprint density at radius 2 is 2.15 bits per heavy atom. The lowest BCUT2D eigenvalue weighted by Gasteiger charge is -2.08. The molecule has 0 aliphatic rings. The first-order valence-corrected chi connectivity index (χ1v) is 6.68. The van der Waals surface area contributed by atoms with Crippen LogP contribution >= 0.6 is 11.6 Å². The van der Waals surface area contributed by atoms with Crippen molar-refractivity contribution in [2.24, 2.45) is 0 Å². The number of nitrogens with zero attached hydrogens (tertiary/aromatic N) is 1. The predicted molar refractivity (Wildman–Crippen MR) is 77.9 cm³/mol. The van der Waals surface area contributed by atoms with Gasteiger partial charge in [0, 0.05) is 17.7 Å². The number of rotatable bonds is 5. The fourth-order valence-corrected chi connectivity index (χ4v) is 2.22. The molecule has 1 heterocycles. The summed E-state index contributed by atoms with van der Waals surface area (Å²) < 4.78 is 5.75. The lowest BCUT2D eigenvalue weighted by Crippen LogP contribution is -2.16. The molecule has 0 saturated carbocycles. The van der Waals surface area contributed by atoms with E-state index in [2.05, 4.69) is 5.32 Å². The Morgan fingerprint density at radius 1 is 1.40 bits per heavy atom. The number of benzene rings is 1. The lowest BCUT2D eigenvalue weighted by atomic mass is 10.1. The van der Waals surface area contributed by atoms with Crippen LogP contribution in [0.25, 0.3) is 11.3 Å². The average molecular weight is 295 g/mol. The Morgan fingerprint density at radius 3 is 2.75 bits per heavy atom. The highest BCUT2D eigenvalue weighted by Gasteiger charge is 2.15. The minimum atomic E-state index is -0.476. The molecular weight excluding hydrogens is 280 g/mol. The summed E-state index contributed by atoms with van der Waals surface area (Å²) in [6.07, 6.45) is 0. The second-order valence-electron chi connectivity index (χ2n) is 4.40. The molecule has 1 N–H and O–H groups in total. The molecular formula is C14H15ClN2O3. The van der Waals surface area contributed by atoms with E-state index in [4.69, 9.17) is 16.0 Å². The Labute approximate surface area is 121 Å². The van der Waals surface area contributed by atoms with Crippen LogP contribution in [0.15, 0.2) is 34.7 Å². The second kappa shape index (κ2) is 6.07. The maximum absolute atomic E-state index is 10.7. The largest absolute Gasteiger partial charge is 0.459 e. The molecule has 2 rings (SSSR count). The second-order valence-corrected chi connectivity index (χ2v) is 4.81. The van der Waals surface area contributed by atoms with Gasteiger partial charge in [-0.15, -0.1) is 0 Å². The van der Waals surface area contributed by atoms with Gasteiger partial charge in [0.2, 0.25) is 0 Å². The molecule has 6 heteroatoms. The number of non-ortho nitro benzene ring substituents is 1. The standard InChI is InChI=1S/C14H15ClN2O3/c1-3-16-9(2)13-6-7-14(20-13)11-5-4-10(17(18)19)8-12(11)15/h4-9,16H,3H2,1-2H3. The van der Waals surface area contributed by atoms with Crippen molar-refractivity contribution < 1.29 is 9.34 Å². The van der Waals surface area contributed by atoms with Gasteiger partial charge in [-0.3, -0.25) is 10.1 Å². The highest BCUT2D eigenvalue weighted by atomic mass is 35.5. The van der Waals surface area contributed by atoms with Gasteiger partial charge in [-0.2, -0.15) is 0 Å². The summed E-state index contributed by atoms with van der Waals surface area (Å²) in [7, 11) is 0. The third-order valence-corrected chi connectivity index (χ3v) is 3.31. The van der Waals surface area contributed by atoms with Crippen molar-refractivity contribution in [1.29, 1.82) is 0 Å². The van der Waals surface area contributed by atoms with Crippen LogP contribution in [0.3, 0.4) is 0 Å². The minimum Gasteiger partial charge on any atom is -0.459 e. The number of nitrogens with one attached hydrogen (secondary N) is 1. The Bertz CT molecular complexity index is 625. The monoisotopic (exact) mass is 294 g/mol. The summed E-state index contributed by atoms with van der Waals surface area (Å²) in [4.78, 5) is 10.2. The van der Waals surface area contributed by atoms with E-state index in [-0.39, 0.29) is 11.7 Å². The molecule has 5 nitrogen and oxygen atoms in total. The normalized spacial score (nSPS) is 12.3. The van der Waals surface area contributed by atoms with Gasteiger partial charge in [-0.1, -0.05) is 18.5 Å². The zero-order valence-electron chi connectivity index (χ0n) is 11.2. The average Bonchev–Trinajstić information content (AvgIpc) is 2.88. The maximum Gasteiger partial charge on any atom is 0.270 e. The topological polar surface area (TPSA) is 68.3 Å². The van der Waals surface area contributed by atoms with Crippen molar-refractivity contribution in [2.75, 3.05) is 6.54 Å². The van der Waals surface area contributed by atoms with Gasteiger partial charge >= 0.3 is 0 Å². The van der Waals surface area contributed by atoms with E-state index in [1.807, 2.05) is 26.0 Å².